The number of anilines is 2. The molecule has 182 valence electrons. The predicted molar refractivity (Wildman–Crippen MR) is 132 cm³/mol. The van der Waals surface area contributed by atoms with Crippen LogP contribution in [-0.2, 0) is 10.0 Å². The number of hydrogen-bond acceptors (Lipinski definition) is 8. The minimum atomic E-state index is -4.27. The summed E-state index contributed by atoms with van der Waals surface area (Å²) in [5, 5.41) is 11.9. The van der Waals surface area contributed by atoms with Crippen LogP contribution in [0, 0.1) is 24.1 Å². The Morgan fingerprint density at radius 2 is 1.92 bits per heavy atom. The lowest BCUT2D eigenvalue weighted by Gasteiger charge is -2.15. The molecule has 11 heteroatoms. The fourth-order valence-electron chi connectivity index (χ4n) is 3.30. The zero-order chi connectivity index (χ0) is 25.9. The van der Waals surface area contributed by atoms with Gasteiger partial charge in [-0.2, -0.15) is 5.26 Å². The number of nitrogens with one attached hydrogen (secondary N) is 2. The quantitative estimate of drug-likeness (QED) is 0.344. The van der Waals surface area contributed by atoms with Crippen molar-refractivity contribution in [1.29, 1.82) is 5.26 Å². The summed E-state index contributed by atoms with van der Waals surface area (Å²) >= 11 is 0. The lowest BCUT2D eigenvalue weighted by molar-refractivity contribution is 0.385. The number of halogens is 1. The second-order valence-electron chi connectivity index (χ2n) is 7.59. The molecule has 4 aromatic rings. The fourth-order valence-corrected chi connectivity index (χ4v) is 4.57. The SMILES string of the molecule is C=C(Nc1cnc(OC)c(S(=O)(=O)Nc2cc(F)c(C#N)cc2C)c1)c1ncc(-c2ccccc2)o1. The summed E-state index contributed by atoms with van der Waals surface area (Å²) in [5.74, 6) is -0.277. The molecule has 2 aromatic heterocycles. The number of rotatable bonds is 8. The zero-order valence-corrected chi connectivity index (χ0v) is 20.1. The van der Waals surface area contributed by atoms with Gasteiger partial charge in [-0.3, -0.25) is 4.72 Å². The molecule has 0 atom stereocenters. The van der Waals surface area contributed by atoms with E-state index in [1.54, 1.807) is 19.2 Å². The second-order valence-corrected chi connectivity index (χ2v) is 9.25. The van der Waals surface area contributed by atoms with Gasteiger partial charge in [-0.1, -0.05) is 36.9 Å². The highest BCUT2D eigenvalue weighted by atomic mass is 32.2. The fraction of sp³-hybridized carbons (Fsp3) is 0.0800. The molecule has 4 rings (SSSR count). The highest BCUT2D eigenvalue weighted by Crippen LogP contribution is 2.30. The Hall–Kier alpha value is -4.69. The van der Waals surface area contributed by atoms with Gasteiger partial charge >= 0.3 is 0 Å². The van der Waals surface area contributed by atoms with Gasteiger partial charge < -0.3 is 14.5 Å². The first-order chi connectivity index (χ1) is 17.2. The molecule has 0 aliphatic heterocycles. The van der Waals surface area contributed by atoms with Gasteiger partial charge in [-0.05, 0) is 30.7 Å². The first-order valence-corrected chi connectivity index (χ1v) is 11.9. The number of aryl methyl sites for hydroxylation is 1. The van der Waals surface area contributed by atoms with E-state index in [9.17, 15) is 12.8 Å². The van der Waals surface area contributed by atoms with Crippen molar-refractivity contribution < 1.29 is 22.0 Å². The van der Waals surface area contributed by atoms with Crippen LogP contribution >= 0.6 is 0 Å². The standard InChI is InChI=1S/C25H20FN5O4S/c1-15-9-18(12-27)20(26)11-21(15)31-36(32,33)23-10-19(13-28-25(23)34-3)30-16(2)24-29-14-22(35-24)17-7-5-4-6-8-17/h4-11,13-14,30-31H,2H2,1,3H3. The average Bonchev–Trinajstić information content (AvgIpc) is 3.37. The molecule has 0 bridgehead atoms. The van der Waals surface area contributed by atoms with Gasteiger partial charge in [-0.25, -0.2) is 22.8 Å². The maximum Gasteiger partial charge on any atom is 0.267 e. The average molecular weight is 506 g/mol. The number of methoxy groups -OCH3 is 1. The van der Waals surface area contributed by atoms with E-state index in [2.05, 4.69) is 26.6 Å². The Labute approximate surface area is 207 Å². The molecule has 0 saturated heterocycles. The minimum absolute atomic E-state index is 0.0236. The third-order valence-corrected chi connectivity index (χ3v) is 6.46. The van der Waals surface area contributed by atoms with Crippen molar-refractivity contribution >= 4 is 27.1 Å². The molecule has 2 N–H and O–H groups in total. The third-order valence-electron chi connectivity index (χ3n) is 5.10. The molecule has 0 amide bonds. The zero-order valence-electron chi connectivity index (χ0n) is 19.2. The second kappa shape index (κ2) is 9.89. The topological polar surface area (TPSA) is 130 Å². The first-order valence-electron chi connectivity index (χ1n) is 10.5. The number of sulfonamides is 1. The van der Waals surface area contributed by atoms with E-state index in [1.807, 2.05) is 30.3 Å². The molecule has 2 aromatic carbocycles. The summed E-state index contributed by atoms with van der Waals surface area (Å²) in [6, 6.07) is 14.6. The van der Waals surface area contributed by atoms with Crippen LogP contribution < -0.4 is 14.8 Å². The van der Waals surface area contributed by atoms with Crippen molar-refractivity contribution in [3.63, 3.8) is 0 Å². The highest BCUT2D eigenvalue weighted by Gasteiger charge is 2.24. The van der Waals surface area contributed by atoms with Gasteiger partial charge in [-0.15, -0.1) is 0 Å². The van der Waals surface area contributed by atoms with E-state index in [-0.39, 0.29) is 39.3 Å². The molecule has 36 heavy (non-hydrogen) atoms. The maximum atomic E-state index is 14.1. The molecule has 0 unspecified atom stereocenters. The summed E-state index contributed by atoms with van der Waals surface area (Å²) < 4.78 is 53.7. The number of nitrogens with zero attached hydrogens (tertiary/aromatic N) is 3. The lowest BCUT2D eigenvalue weighted by Crippen LogP contribution is -2.16. The van der Waals surface area contributed by atoms with Crippen LogP contribution in [0.4, 0.5) is 15.8 Å². The van der Waals surface area contributed by atoms with Crippen molar-refractivity contribution in [2.24, 2.45) is 0 Å². The van der Waals surface area contributed by atoms with Gasteiger partial charge in [0, 0.05) is 5.56 Å². The summed E-state index contributed by atoms with van der Waals surface area (Å²) in [6.45, 7) is 5.46. The number of oxazole rings is 1. The van der Waals surface area contributed by atoms with Crippen LogP contribution in [0.25, 0.3) is 17.0 Å². The molecular weight excluding hydrogens is 485 g/mol. The number of nitriles is 1. The maximum absolute atomic E-state index is 14.1. The summed E-state index contributed by atoms with van der Waals surface area (Å²) in [7, 11) is -2.99. The minimum Gasteiger partial charge on any atom is -0.480 e. The largest absolute Gasteiger partial charge is 0.480 e. The van der Waals surface area contributed by atoms with Crippen molar-refractivity contribution in [2.45, 2.75) is 11.8 Å². The van der Waals surface area contributed by atoms with Gasteiger partial charge in [0.25, 0.3) is 10.0 Å². The smallest absolute Gasteiger partial charge is 0.267 e. The number of pyridine rings is 1. The van der Waals surface area contributed by atoms with E-state index < -0.39 is 15.8 Å². The van der Waals surface area contributed by atoms with Crippen LogP contribution in [0.5, 0.6) is 5.88 Å². The molecule has 2 heterocycles. The third kappa shape index (κ3) is 5.03. The molecule has 0 radical (unpaired) electrons. The predicted octanol–water partition coefficient (Wildman–Crippen LogP) is 4.95. The number of ether oxygens (including phenoxy) is 1. The molecule has 0 aliphatic carbocycles. The summed E-state index contributed by atoms with van der Waals surface area (Å²) in [5.41, 5.74) is 1.52. The Bertz CT molecular complexity index is 1590. The monoisotopic (exact) mass is 505 g/mol. The van der Waals surface area contributed by atoms with Crippen LogP contribution in [0.2, 0.25) is 0 Å². The van der Waals surface area contributed by atoms with Gasteiger partial charge in [0.15, 0.2) is 10.7 Å². The van der Waals surface area contributed by atoms with Crippen molar-refractivity contribution in [1.82, 2.24) is 9.97 Å². The van der Waals surface area contributed by atoms with E-state index in [4.69, 9.17) is 14.4 Å². The van der Waals surface area contributed by atoms with Gasteiger partial charge in [0.2, 0.25) is 11.8 Å². The Balaban J connectivity index is 1.60. The van der Waals surface area contributed by atoms with Crippen LogP contribution in [-0.4, -0.2) is 25.5 Å². The van der Waals surface area contributed by atoms with E-state index in [1.165, 1.54) is 25.4 Å². The van der Waals surface area contributed by atoms with Gasteiger partial charge in [0.05, 0.1) is 42.1 Å². The number of aromatic nitrogens is 2. The van der Waals surface area contributed by atoms with E-state index in [0.29, 0.717) is 11.3 Å². The summed E-state index contributed by atoms with van der Waals surface area (Å²) in [6.07, 6.45) is 2.92. The molecular formula is C25H20FN5O4S. The van der Waals surface area contributed by atoms with E-state index >= 15 is 0 Å². The van der Waals surface area contributed by atoms with Crippen molar-refractivity contribution in [3.05, 3.63) is 90.3 Å². The van der Waals surface area contributed by atoms with Crippen LogP contribution in [0.1, 0.15) is 17.0 Å². The van der Waals surface area contributed by atoms with Gasteiger partial charge in [0.1, 0.15) is 11.9 Å². The highest BCUT2D eigenvalue weighted by molar-refractivity contribution is 7.92. The Kier molecular flexibility index (Phi) is 6.71. The number of hydrogen-bond donors (Lipinski definition) is 2. The lowest BCUT2D eigenvalue weighted by atomic mass is 10.1. The van der Waals surface area contributed by atoms with Crippen LogP contribution in [0.3, 0.4) is 0 Å². The molecule has 0 spiro atoms. The molecule has 0 fully saturated rings. The van der Waals surface area contributed by atoms with Crippen molar-refractivity contribution in [3.8, 4) is 23.3 Å². The summed E-state index contributed by atoms with van der Waals surface area (Å²) in [4.78, 5) is 7.98. The first kappa shape index (κ1) is 24.4. The molecule has 9 nitrogen and oxygen atoms in total. The Morgan fingerprint density at radius 1 is 1.17 bits per heavy atom. The molecule has 0 aliphatic rings. The molecule has 0 saturated carbocycles. The number of benzene rings is 2. The van der Waals surface area contributed by atoms with E-state index in [0.717, 1.165) is 11.6 Å². The van der Waals surface area contributed by atoms with Crippen molar-refractivity contribution in [2.75, 3.05) is 17.1 Å². The Morgan fingerprint density at radius 3 is 2.61 bits per heavy atom. The van der Waals surface area contributed by atoms with Crippen LogP contribution in [0.15, 0.2) is 76.8 Å². The normalized spacial score (nSPS) is 10.9.